The second-order valence-corrected chi connectivity index (χ2v) is 7.26. The van der Waals surface area contributed by atoms with E-state index < -0.39 is 17.4 Å². The first-order valence-electron chi connectivity index (χ1n) is 9.31. The van der Waals surface area contributed by atoms with Gasteiger partial charge in [-0.15, -0.1) is 0 Å². The molecule has 1 amide bonds. The van der Waals surface area contributed by atoms with Gasteiger partial charge in [-0.05, 0) is 37.0 Å². The van der Waals surface area contributed by atoms with Gasteiger partial charge in [0.2, 0.25) is 0 Å². The van der Waals surface area contributed by atoms with E-state index in [0.29, 0.717) is 44.1 Å². The van der Waals surface area contributed by atoms with Gasteiger partial charge in [0.25, 0.3) is 11.5 Å². The molecule has 1 saturated heterocycles. The number of carbonyl (C=O) groups excluding carboxylic acids is 1. The van der Waals surface area contributed by atoms with Crippen LogP contribution < -0.4 is 5.56 Å². The molecule has 0 unspecified atom stereocenters. The Labute approximate surface area is 164 Å². The number of fused-ring (bicyclic) bond motifs is 1. The minimum Gasteiger partial charge on any atom is -0.339 e. The van der Waals surface area contributed by atoms with Crippen molar-refractivity contribution in [2.45, 2.75) is 25.6 Å². The fourth-order valence-electron chi connectivity index (χ4n) is 3.67. The number of hydrogen-bond donors (Lipinski definition) is 0. The number of pyridine rings is 1. The molecule has 3 aromatic rings. The van der Waals surface area contributed by atoms with E-state index in [0.717, 1.165) is 11.8 Å². The third-order valence-electron chi connectivity index (χ3n) is 5.28. The molecule has 0 aliphatic carbocycles. The van der Waals surface area contributed by atoms with Gasteiger partial charge in [0.05, 0.1) is 11.9 Å². The van der Waals surface area contributed by atoms with Crippen LogP contribution in [0.25, 0.3) is 5.52 Å². The zero-order valence-corrected chi connectivity index (χ0v) is 15.5. The van der Waals surface area contributed by atoms with Gasteiger partial charge < -0.3 is 9.30 Å². The van der Waals surface area contributed by atoms with Crippen molar-refractivity contribution in [1.82, 2.24) is 18.9 Å². The van der Waals surface area contributed by atoms with E-state index in [4.69, 9.17) is 0 Å². The van der Waals surface area contributed by atoms with Crippen molar-refractivity contribution in [3.05, 3.63) is 70.7 Å². The lowest BCUT2D eigenvalue weighted by atomic mass is 9.96. The van der Waals surface area contributed by atoms with Crippen molar-refractivity contribution in [3.8, 4) is 0 Å². The molecule has 4 rings (SSSR count). The van der Waals surface area contributed by atoms with Crippen LogP contribution in [0.5, 0.6) is 0 Å². The van der Waals surface area contributed by atoms with Gasteiger partial charge in [-0.1, -0.05) is 6.07 Å². The fraction of sp³-hybridized carbons (Fsp3) is 0.350. The number of carbonyl (C=O) groups is 1. The molecule has 1 fully saturated rings. The van der Waals surface area contributed by atoms with Gasteiger partial charge in [0, 0.05) is 43.6 Å². The summed E-state index contributed by atoms with van der Waals surface area (Å²) in [5.41, 5.74) is -0.330. The normalized spacial score (nSPS) is 15.8. The molecule has 3 aromatic heterocycles. The van der Waals surface area contributed by atoms with E-state index in [1.165, 1.54) is 4.57 Å². The predicted octanol–water partition coefficient (Wildman–Crippen LogP) is 3.07. The first-order valence-corrected chi connectivity index (χ1v) is 9.31. The summed E-state index contributed by atoms with van der Waals surface area (Å²) < 4.78 is 41.0. The van der Waals surface area contributed by atoms with Crippen LogP contribution in [-0.2, 0) is 12.7 Å². The second kappa shape index (κ2) is 7.38. The van der Waals surface area contributed by atoms with Crippen LogP contribution in [0.4, 0.5) is 13.2 Å². The van der Waals surface area contributed by atoms with E-state index in [9.17, 15) is 22.8 Å². The summed E-state index contributed by atoms with van der Waals surface area (Å²) >= 11 is 0. The Bertz CT molecular complexity index is 1060. The van der Waals surface area contributed by atoms with E-state index in [-0.39, 0.29) is 11.8 Å². The minimum absolute atomic E-state index is 0.0412. The second-order valence-electron chi connectivity index (χ2n) is 7.26. The highest BCUT2D eigenvalue weighted by Gasteiger charge is 2.33. The van der Waals surface area contributed by atoms with Gasteiger partial charge in [-0.2, -0.15) is 13.2 Å². The standard InChI is InChI=1S/C20H19F3N4O2/c21-20(22,23)17-10-18(28)27(13-24-17)11-14-4-7-25(8-5-14)19(29)15-9-16-3-1-2-6-26(16)12-15/h1-3,6,9-10,12-14H,4-5,7-8,11H2. The van der Waals surface area contributed by atoms with Crippen LogP contribution in [0.15, 0.2) is 53.8 Å². The van der Waals surface area contributed by atoms with Crippen molar-refractivity contribution in [3.63, 3.8) is 0 Å². The summed E-state index contributed by atoms with van der Waals surface area (Å²) in [6.45, 7) is 1.37. The number of hydrogen-bond acceptors (Lipinski definition) is 3. The highest BCUT2D eigenvalue weighted by molar-refractivity contribution is 5.95. The van der Waals surface area contributed by atoms with Crippen molar-refractivity contribution < 1.29 is 18.0 Å². The molecule has 29 heavy (non-hydrogen) atoms. The highest BCUT2D eigenvalue weighted by Crippen LogP contribution is 2.26. The largest absolute Gasteiger partial charge is 0.433 e. The molecular formula is C20H19F3N4O2. The summed E-state index contributed by atoms with van der Waals surface area (Å²) in [5.74, 6) is 0.0592. The predicted molar refractivity (Wildman–Crippen MR) is 99.5 cm³/mol. The Hall–Kier alpha value is -3.10. The quantitative estimate of drug-likeness (QED) is 0.674. The number of aromatic nitrogens is 3. The Kier molecular flexibility index (Phi) is 4.89. The maximum absolute atomic E-state index is 12.8. The van der Waals surface area contributed by atoms with E-state index >= 15 is 0 Å². The smallest absolute Gasteiger partial charge is 0.339 e. The van der Waals surface area contributed by atoms with Crippen molar-refractivity contribution in [2.75, 3.05) is 13.1 Å². The molecule has 0 aromatic carbocycles. The van der Waals surface area contributed by atoms with Crippen LogP contribution in [0.1, 0.15) is 28.9 Å². The number of rotatable bonds is 3. The zero-order chi connectivity index (χ0) is 20.6. The third-order valence-corrected chi connectivity index (χ3v) is 5.28. The molecule has 4 heterocycles. The number of halogens is 3. The summed E-state index contributed by atoms with van der Waals surface area (Å²) in [5, 5.41) is 0. The van der Waals surface area contributed by atoms with Crippen LogP contribution in [0, 0.1) is 5.92 Å². The number of piperidine rings is 1. The van der Waals surface area contributed by atoms with Gasteiger partial charge in [0.15, 0.2) is 5.69 Å². The molecule has 0 radical (unpaired) electrons. The zero-order valence-electron chi connectivity index (χ0n) is 15.5. The number of amides is 1. The van der Waals surface area contributed by atoms with Gasteiger partial charge in [-0.25, -0.2) is 4.98 Å². The van der Waals surface area contributed by atoms with Crippen molar-refractivity contribution in [1.29, 1.82) is 0 Å². The molecule has 1 aliphatic heterocycles. The lowest BCUT2D eigenvalue weighted by Crippen LogP contribution is -2.40. The molecule has 6 nitrogen and oxygen atoms in total. The minimum atomic E-state index is -4.63. The number of alkyl halides is 3. The summed E-state index contributed by atoms with van der Waals surface area (Å²) in [6, 6.07) is 8.11. The average Bonchev–Trinajstić information content (AvgIpc) is 3.13. The summed E-state index contributed by atoms with van der Waals surface area (Å²) in [4.78, 5) is 29.8. The van der Waals surface area contributed by atoms with Crippen molar-refractivity contribution in [2.24, 2.45) is 5.92 Å². The fourth-order valence-corrected chi connectivity index (χ4v) is 3.67. The lowest BCUT2D eigenvalue weighted by molar-refractivity contribution is -0.141. The Morgan fingerprint density at radius 3 is 2.59 bits per heavy atom. The lowest BCUT2D eigenvalue weighted by Gasteiger charge is -2.32. The molecule has 1 aliphatic rings. The first kappa shape index (κ1) is 19.2. The van der Waals surface area contributed by atoms with Gasteiger partial charge >= 0.3 is 6.18 Å². The summed E-state index contributed by atoms with van der Waals surface area (Å²) in [7, 11) is 0. The molecule has 0 N–H and O–H groups in total. The van der Waals surface area contributed by atoms with Crippen LogP contribution in [0.2, 0.25) is 0 Å². The maximum Gasteiger partial charge on any atom is 0.433 e. The van der Waals surface area contributed by atoms with E-state index in [1.807, 2.05) is 34.9 Å². The summed E-state index contributed by atoms with van der Waals surface area (Å²) in [6.07, 6.45) is 1.35. The third kappa shape index (κ3) is 4.03. The maximum atomic E-state index is 12.8. The molecule has 0 spiro atoms. The number of likely N-dealkylation sites (tertiary alicyclic amines) is 1. The monoisotopic (exact) mass is 404 g/mol. The van der Waals surface area contributed by atoms with E-state index in [1.54, 1.807) is 11.1 Å². The van der Waals surface area contributed by atoms with Gasteiger partial charge in [0.1, 0.15) is 0 Å². The highest BCUT2D eigenvalue weighted by atomic mass is 19.4. The molecule has 0 saturated carbocycles. The Morgan fingerprint density at radius 2 is 1.93 bits per heavy atom. The average molecular weight is 404 g/mol. The number of nitrogens with zero attached hydrogens (tertiary/aromatic N) is 4. The van der Waals surface area contributed by atoms with Crippen LogP contribution >= 0.6 is 0 Å². The SMILES string of the molecule is O=C(c1cc2ccccn2c1)N1CCC(Cn2cnc(C(F)(F)F)cc2=O)CC1. The molecular weight excluding hydrogens is 385 g/mol. The first-order chi connectivity index (χ1) is 13.8. The van der Waals surface area contributed by atoms with Crippen LogP contribution in [0.3, 0.4) is 0 Å². The molecule has 0 bridgehead atoms. The topological polar surface area (TPSA) is 59.6 Å². The molecule has 9 heteroatoms. The molecule has 152 valence electrons. The van der Waals surface area contributed by atoms with Gasteiger partial charge in [-0.3, -0.25) is 14.2 Å². The Morgan fingerprint density at radius 1 is 1.17 bits per heavy atom. The Balaban J connectivity index is 1.38. The van der Waals surface area contributed by atoms with E-state index in [2.05, 4.69) is 4.98 Å². The molecule has 0 atom stereocenters. The van der Waals surface area contributed by atoms with Crippen LogP contribution in [-0.4, -0.2) is 37.8 Å². The van der Waals surface area contributed by atoms with Crippen molar-refractivity contribution >= 4 is 11.4 Å².